The van der Waals surface area contributed by atoms with Crippen LogP contribution in [0.2, 0.25) is 0 Å². The fraction of sp³-hybridized carbons (Fsp3) is 0.0417. The number of carbonyl (C=O) groups excluding carboxylic acids is 1. The van der Waals surface area contributed by atoms with Gasteiger partial charge in [0, 0.05) is 11.1 Å². The summed E-state index contributed by atoms with van der Waals surface area (Å²) in [6, 6.07) is 21.8. The lowest BCUT2D eigenvalue weighted by molar-refractivity contribution is -0.130. The minimum atomic E-state index is -0.480. The van der Waals surface area contributed by atoms with Crippen molar-refractivity contribution in [3.8, 4) is 23.0 Å². The van der Waals surface area contributed by atoms with Crippen molar-refractivity contribution in [1.82, 2.24) is 0 Å². The third-order valence-electron chi connectivity index (χ3n) is 4.40. The molecule has 0 amide bonds. The molecule has 29 heavy (non-hydrogen) atoms. The zero-order chi connectivity index (χ0) is 20.2. The molecular weight excluding hydrogens is 368 g/mol. The van der Waals surface area contributed by atoms with E-state index in [1.807, 2.05) is 54.6 Å². The largest absolute Gasteiger partial charge is 0.504 e. The van der Waals surface area contributed by atoms with Gasteiger partial charge in [0.1, 0.15) is 17.3 Å². The van der Waals surface area contributed by atoms with Crippen LogP contribution in [0.1, 0.15) is 11.1 Å². The lowest BCUT2D eigenvalue weighted by atomic mass is 10.1. The molecular formula is C24H18O5. The van der Waals surface area contributed by atoms with Crippen LogP contribution in [0.25, 0.3) is 11.8 Å². The van der Waals surface area contributed by atoms with Gasteiger partial charge in [0.05, 0.1) is 12.7 Å². The standard InChI is InChI=1S/C24H18O5/c1-27-21-9-5-6-17(23(21)25)14-18-15-22(29-24(18)26)16-10-12-20(13-11-16)28-19-7-3-2-4-8-19/h2-15,25H,1H3/b18-14+. The first-order valence-corrected chi connectivity index (χ1v) is 8.99. The predicted octanol–water partition coefficient (Wildman–Crippen LogP) is 5.17. The number of para-hydroxylation sites is 2. The molecule has 1 heterocycles. The SMILES string of the molecule is COc1cccc(/C=C2\C=C(c3ccc(Oc4ccccc4)cc3)OC2=O)c1O. The molecule has 0 unspecified atom stereocenters. The number of ether oxygens (including phenoxy) is 3. The van der Waals surface area contributed by atoms with Crippen molar-refractivity contribution >= 4 is 17.8 Å². The number of cyclic esters (lactones) is 1. The van der Waals surface area contributed by atoms with Gasteiger partial charge in [-0.2, -0.15) is 0 Å². The van der Waals surface area contributed by atoms with Crippen molar-refractivity contribution in [2.24, 2.45) is 0 Å². The van der Waals surface area contributed by atoms with E-state index in [4.69, 9.17) is 14.2 Å². The second-order valence-corrected chi connectivity index (χ2v) is 6.34. The lowest BCUT2D eigenvalue weighted by Crippen LogP contribution is -1.97. The van der Waals surface area contributed by atoms with Gasteiger partial charge in [-0.3, -0.25) is 0 Å². The molecule has 0 fully saturated rings. The number of rotatable bonds is 5. The molecule has 4 rings (SSSR count). The Morgan fingerprint density at radius 1 is 0.897 bits per heavy atom. The van der Waals surface area contributed by atoms with Gasteiger partial charge in [0.15, 0.2) is 11.5 Å². The maximum Gasteiger partial charge on any atom is 0.343 e. The Labute approximate surface area is 168 Å². The van der Waals surface area contributed by atoms with Gasteiger partial charge in [-0.25, -0.2) is 4.79 Å². The summed E-state index contributed by atoms with van der Waals surface area (Å²) >= 11 is 0. The number of hydrogen-bond donors (Lipinski definition) is 1. The quantitative estimate of drug-likeness (QED) is 0.484. The molecule has 0 saturated heterocycles. The molecule has 0 radical (unpaired) electrons. The Morgan fingerprint density at radius 2 is 1.62 bits per heavy atom. The molecule has 5 nitrogen and oxygen atoms in total. The average molecular weight is 386 g/mol. The van der Waals surface area contributed by atoms with Gasteiger partial charge in [0.2, 0.25) is 0 Å². The first-order chi connectivity index (χ1) is 14.1. The second kappa shape index (κ2) is 7.94. The van der Waals surface area contributed by atoms with Crippen LogP contribution in [0.5, 0.6) is 23.0 Å². The fourth-order valence-corrected chi connectivity index (χ4v) is 2.93. The topological polar surface area (TPSA) is 65.0 Å². The highest BCUT2D eigenvalue weighted by Crippen LogP contribution is 2.34. The molecule has 0 saturated carbocycles. The van der Waals surface area contributed by atoms with Gasteiger partial charge < -0.3 is 19.3 Å². The van der Waals surface area contributed by atoms with Crippen LogP contribution in [0, 0.1) is 0 Å². The second-order valence-electron chi connectivity index (χ2n) is 6.34. The van der Waals surface area contributed by atoms with Gasteiger partial charge >= 0.3 is 5.97 Å². The lowest BCUT2D eigenvalue weighted by Gasteiger charge is -2.07. The summed E-state index contributed by atoms with van der Waals surface area (Å²) in [6.07, 6.45) is 3.22. The maximum atomic E-state index is 12.3. The van der Waals surface area contributed by atoms with Crippen molar-refractivity contribution in [3.05, 3.63) is 95.6 Å². The molecule has 1 N–H and O–H groups in total. The first kappa shape index (κ1) is 18.4. The number of hydrogen-bond acceptors (Lipinski definition) is 5. The third kappa shape index (κ3) is 3.99. The number of benzene rings is 3. The highest BCUT2D eigenvalue weighted by molar-refractivity contribution is 6.05. The smallest absolute Gasteiger partial charge is 0.343 e. The Bertz CT molecular complexity index is 1100. The van der Waals surface area contributed by atoms with Crippen molar-refractivity contribution in [2.75, 3.05) is 7.11 Å². The molecule has 3 aromatic carbocycles. The van der Waals surface area contributed by atoms with Crippen LogP contribution in [0.15, 0.2) is 84.4 Å². The zero-order valence-corrected chi connectivity index (χ0v) is 15.7. The normalized spacial score (nSPS) is 14.4. The number of esters is 1. The number of aromatic hydroxyl groups is 1. The Morgan fingerprint density at radius 3 is 2.34 bits per heavy atom. The minimum Gasteiger partial charge on any atom is -0.504 e. The molecule has 0 aromatic heterocycles. The predicted molar refractivity (Wildman–Crippen MR) is 110 cm³/mol. The molecule has 144 valence electrons. The Kier molecular flexibility index (Phi) is 5.03. The molecule has 1 aliphatic rings. The summed E-state index contributed by atoms with van der Waals surface area (Å²) in [5, 5.41) is 10.2. The fourth-order valence-electron chi connectivity index (χ4n) is 2.93. The first-order valence-electron chi connectivity index (χ1n) is 8.99. The van der Waals surface area contributed by atoms with Crippen molar-refractivity contribution in [2.45, 2.75) is 0 Å². The van der Waals surface area contributed by atoms with Crippen LogP contribution >= 0.6 is 0 Å². The van der Waals surface area contributed by atoms with E-state index in [0.29, 0.717) is 28.4 Å². The van der Waals surface area contributed by atoms with E-state index >= 15 is 0 Å². The van der Waals surface area contributed by atoms with Crippen molar-refractivity contribution < 1.29 is 24.1 Å². The zero-order valence-electron chi connectivity index (χ0n) is 15.7. The van der Waals surface area contributed by atoms with Crippen LogP contribution in [0.3, 0.4) is 0 Å². The molecule has 0 atom stereocenters. The van der Waals surface area contributed by atoms with Crippen LogP contribution < -0.4 is 9.47 Å². The summed E-state index contributed by atoms with van der Waals surface area (Å²) in [4.78, 5) is 12.3. The molecule has 5 heteroatoms. The summed E-state index contributed by atoms with van der Waals surface area (Å²) < 4.78 is 16.3. The van der Waals surface area contributed by atoms with E-state index in [-0.39, 0.29) is 5.75 Å². The third-order valence-corrected chi connectivity index (χ3v) is 4.40. The van der Waals surface area contributed by atoms with Gasteiger partial charge in [-0.15, -0.1) is 0 Å². The summed E-state index contributed by atoms with van der Waals surface area (Å²) in [7, 11) is 1.47. The van der Waals surface area contributed by atoms with Crippen LogP contribution in [0.4, 0.5) is 0 Å². The van der Waals surface area contributed by atoms with Gasteiger partial charge in [-0.1, -0.05) is 30.3 Å². The summed E-state index contributed by atoms with van der Waals surface area (Å²) in [5.74, 6) is 1.70. The van der Waals surface area contributed by atoms with Crippen molar-refractivity contribution in [1.29, 1.82) is 0 Å². The van der Waals surface area contributed by atoms with E-state index in [2.05, 4.69) is 0 Å². The molecule has 3 aromatic rings. The van der Waals surface area contributed by atoms with E-state index < -0.39 is 5.97 Å². The monoisotopic (exact) mass is 386 g/mol. The molecule has 1 aliphatic heterocycles. The van der Waals surface area contributed by atoms with Gasteiger partial charge in [0.25, 0.3) is 0 Å². The van der Waals surface area contributed by atoms with E-state index in [1.54, 1.807) is 30.4 Å². The van der Waals surface area contributed by atoms with Gasteiger partial charge in [-0.05, 0) is 54.6 Å². The number of phenolic OH excluding ortho intramolecular Hbond substituents is 1. The van der Waals surface area contributed by atoms with Crippen LogP contribution in [-0.4, -0.2) is 18.2 Å². The maximum absolute atomic E-state index is 12.3. The highest BCUT2D eigenvalue weighted by atomic mass is 16.5. The summed E-state index contributed by atoms with van der Waals surface area (Å²) in [6.45, 7) is 0. The molecule has 0 bridgehead atoms. The van der Waals surface area contributed by atoms with Crippen molar-refractivity contribution in [3.63, 3.8) is 0 Å². The van der Waals surface area contributed by atoms with Crippen LogP contribution in [-0.2, 0) is 9.53 Å². The summed E-state index contributed by atoms with van der Waals surface area (Å²) in [5.41, 5.74) is 1.56. The number of phenols is 1. The highest BCUT2D eigenvalue weighted by Gasteiger charge is 2.22. The van der Waals surface area contributed by atoms with E-state index in [0.717, 1.165) is 11.3 Å². The number of carbonyl (C=O) groups is 1. The minimum absolute atomic E-state index is 0.0282. The molecule has 0 aliphatic carbocycles. The molecule has 0 spiro atoms. The number of methoxy groups -OCH3 is 1. The average Bonchev–Trinajstić information content (AvgIpc) is 3.11. The van der Waals surface area contributed by atoms with E-state index in [1.165, 1.54) is 7.11 Å². The van der Waals surface area contributed by atoms with E-state index in [9.17, 15) is 9.90 Å². The Hall–Kier alpha value is -3.99. The Balaban J connectivity index is 1.56.